The Morgan fingerprint density at radius 1 is 1.60 bits per heavy atom. The average molecular weight is 134 g/mol. The van der Waals surface area contributed by atoms with Crippen LogP contribution in [0.3, 0.4) is 0 Å². The van der Waals surface area contributed by atoms with Crippen LogP contribution in [0.1, 0.15) is 10.4 Å². The monoisotopic (exact) mass is 134 g/mol. The largest absolute Gasteiger partial charge is 0.324 e. The molecule has 0 aliphatic carbocycles. The summed E-state index contributed by atoms with van der Waals surface area (Å²) in [6.07, 6.45) is 0. The standard InChI is InChI=1S/C8H8NO/c9-6-8(10)7-4-2-1-3-5-7/h1-4H,6,9H2. The zero-order valence-electron chi connectivity index (χ0n) is 5.50. The minimum atomic E-state index is -0.0689. The molecule has 51 valence electrons. The molecule has 2 N–H and O–H groups in total. The Morgan fingerprint density at radius 3 is 2.90 bits per heavy atom. The second kappa shape index (κ2) is 3.13. The van der Waals surface area contributed by atoms with Crippen LogP contribution in [-0.2, 0) is 0 Å². The van der Waals surface area contributed by atoms with Crippen LogP contribution in [0, 0.1) is 6.07 Å². The van der Waals surface area contributed by atoms with Crippen molar-refractivity contribution in [3.05, 3.63) is 35.9 Å². The summed E-state index contributed by atoms with van der Waals surface area (Å²) in [5.74, 6) is -0.0689. The highest BCUT2D eigenvalue weighted by Crippen LogP contribution is 1.96. The van der Waals surface area contributed by atoms with E-state index in [1.54, 1.807) is 18.2 Å². The number of nitrogens with two attached hydrogens (primary N) is 1. The minimum Gasteiger partial charge on any atom is -0.324 e. The molecular formula is C8H8NO. The van der Waals surface area contributed by atoms with E-state index in [4.69, 9.17) is 5.73 Å². The van der Waals surface area contributed by atoms with Crippen LogP contribution in [0.25, 0.3) is 0 Å². The lowest BCUT2D eigenvalue weighted by Gasteiger charge is -1.93. The van der Waals surface area contributed by atoms with E-state index in [2.05, 4.69) is 6.07 Å². The van der Waals surface area contributed by atoms with E-state index in [9.17, 15) is 4.79 Å². The molecule has 0 aliphatic heterocycles. The lowest BCUT2D eigenvalue weighted by Crippen LogP contribution is -2.13. The molecule has 0 aromatic heterocycles. The molecule has 1 aromatic rings. The Balaban J connectivity index is 2.85. The van der Waals surface area contributed by atoms with Gasteiger partial charge in [-0.15, -0.1) is 0 Å². The lowest BCUT2D eigenvalue weighted by molar-refractivity contribution is 0.100. The Hall–Kier alpha value is -1.15. The first kappa shape index (κ1) is 6.96. The van der Waals surface area contributed by atoms with E-state index >= 15 is 0 Å². The molecule has 0 heterocycles. The van der Waals surface area contributed by atoms with Gasteiger partial charge in [-0.25, -0.2) is 0 Å². The van der Waals surface area contributed by atoms with Gasteiger partial charge < -0.3 is 5.73 Å². The molecule has 1 aromatic carbocycles. The maximum absolute atomic E-state index is 10.9. The molecule has 1 rings (SSSR count). The smallest absolute Gasteiger partial charge is 0.177 e. The predicted molar refractivity (Wildman–Crippen MR) is 38.7 cm³/mol. The van der Waals surface area contributed by atoms with Crippen molar-refractivity contribution >= 4 is 5.78 Å². The van der Waals surface area contributed by atoms with Gasteiger partial charge in [0.25, 0.3) is 0 Å². The van der Waals surface area contributed by atoms with Crippen LogP contribution in [0.5, 0.6) is 0 Å². The Labute approximate surface area is 59.7 Å². The quantitative estimate of drug-likeness (QED) is 0.603. The van der Waals surface area contributed by atoms with Gasteiger partial charge in [-0.1, -0.05) is 24.3 Å². The maximum atomic E-state index is 10.9. The molecule has 0 bridgehead atoms. The van der Waals surface area contributed by atoms with Gasteiger partial charge in [0, 0.05) is 5.56 Å². The molecule has 0 saturated heterocycles. The number of rotatable bonds is 2. The third-order valence-electron chi connectivity index (χ3n) is 1.19. The third kappa shape index (κ3) is 1.42. The van der Waals surface area contributed by atoms with Crippen molar-refractivity contribution in [3.8, 4) is 0 Å². The first-order valence-corrected chi connectivity index (χ1v) is 3.04. The van der Waals surface area contributed by atoms with Crippen LogP contribution in [0.4, 0.5) is 0 Å². The highest BCUT2D eigenvalue weighted by atomic mass is 16.1. The number of hydrogen-bond acceptors (Lipinski definition) is 2. The molecular weight excluding hydrogens is 126 g/mol. The van der Waals surface area contributed by atoms with E-state index in [-0.39, 0.29) is 12.3 Å². The molecule has 0 aliphatic rings. The predicted octanol–water partition coefficient (Wildman–Crippen LogP) is 0.628. The number of ketones is 1. The summed E-state index contributed by atoms with van der Waals surface area (Å²) in [4.78, 5) is 10.9. The lowest BCUT2D eigenvalue weighted by atomic mass is 10.1. The Morgan fingerprint density at radius 2 is 2.40 bits per heavy atom. The van der Waals surface area contributed by atoms with E-state index < -0.39 is 0 Å². The molecule has 0 spiro atoms. The van der Waals surface area contributed by atoms with Crippen LogP contribution < -0.4 is 5.73 Å². The van der Waals surface area contributed by atoms with Crippen molar-refractivity contribution in [3.63, 3.8) is 0 Å². The molecule has 0 unspecified atom stereocenters. The molecule has 1 radical (unpaired) electrons. The van der Waals surface area contributed by atoms with Crippen LogP contribution in [0.15, 0.2) is 24.3 Å². The van der Waals surface area contributed by atoms with Gasteiger partial charge in [-0.3, -0.25) is 4.79 Å². The van der Waals surface area contributed by atoms with Gasteiger partial charge in [0.05, 0.1) is 6.54 Å². The van der Waals surface area contributed by atoms with Gasteiger partial charge in [-0.05, 0) is 6.07 Å². The summed E-state index contributed by atoms with van der Waals surface area (Å²) in [6.45, 7) is 0.0561. The number of Topliss-reactive ketones (excluding diaryl/α,β-unsaturated/α-hetero) is 1. The number of carbonyl (C=O) groups is 1. The molecule has 2 heteroatoms. The van der Waals surface area contributed by atoms with Crippen molar-refractivity contribution in [1.82, 2.24) is 0 Å². The van der Waals surface area contributed by atoms with Crippen LogP contribution in [0.2, 0.25) is 0 Å². The molecule has 2 nitrogen and oxygen atoms in total. The van der Waals surface area contributed by atoms with E-state index in [0.29, 0.717) is 5.56 Å². The fraction of sp³-hybridized carbons (Fsp3) is 0.125. The summed E-state index contributed by atoms with van der Waals surface area (Å²) in [6, 6.07) is 9.79. The Kier molecular flexibility index (Phi) is 2.18. The summed E-state index contributed by atoms with van der Waals surface area (Å²) in [7, 11) is 0. The summed E-state index contributed by atoms with van der Waals surface area (Å²) in [5.41, 5.74) is 5.69. The molecule has 0 amide bonds. The van der Waals surface area contributed by atoms with Crippen molar-refractivity contribution in [2.24, 2.45) is 5.73 Å². The van der Waals surface area contributed by atoms with Crippen molar-refractivity contribution in [2.75, 3.05) is 6.54 Å². The summed E-state index contributed by atoms with van der Waals surface area (Å²) in [5, 5.41) is 0. The first-order valence-electron chi connectivity index (χ1n) is 3.04. The second-order valence-electron chi connectivity index (χ2n) is 1.90. The van der Waals surface area contributed by atoms with Gasteiger partial charge in [0.2, 0.25) is 0 Å². The summed E-state index contributed by atoms with van der Waals surface area (Å²) < 4.78 is 0. The van der Waals surface area contributed by atoms with Crippen molar-refractivity contribution in [1.29, 1.82) is 0 Å². The van der Waals surface area contributed by atoms with E-state index in [1.165, 1.54) is 0 Å². The van der Waals surface area contributed by atoms with Gasteiger partial charge in [0.1, 0.15) is 0 Å². The molecule has 0 saturated carbocycles. The summed E-state index contributed by atoms with van der Waals surface area (Å²) >= 11 is 0. The number of benzene rings is 1. The minimum absolute atomic E-state index is 0.0561. The normalized spacial score (nSPS) is 9.30. The SMILES string of the molecule is NCC(=O)c1[c]cccc1. The zero-order valence-corrected chi connectivity index (χ0v) is 5.50. The Bertz CT molecular complexity index is 218. The molecule has 0 atom stereocenters. The number of carbonyl (C=O) groups excluding carboxylic acids is 1. The zero-order chi connectivity index (χ0) is 7.40. The second-order valence-corrected chi connectivity index (χ2v) is 1.90. The molecule has 10 heavy (non-hydrogen) atoms. The van der Waals surface area contributed by atoms with Crippen LogP contribution in [-0.4, -0.2) is 12.3 Å². The van der Waals surface area contributed by atoms with Crippen molar-refractivity contribution in [2.45, 2.75) is 0 Å². The van der Waals surface area contributed by atoms with Gasteiger partial charge >= 0.3 is 0 Å². The number of hydrogen-bond donors (Lipinski definition) is 1. The van der Waals surface area contributed by atoms with Crippen molar-refractivity contribution < 1.29 is 4.79 Å². The van der Waals surface area contributed by atoms with Crippen LogP contribution >= 0.6 is 0 Å². The maximum Gasteiger partial charge on any atom is 0.177 e. The van der Waals surface area contributed by atoms with E-state index in [1.807, 2.05) is 6.07 Å². The van der Waals surface area contributed by atoms with Gasteiger partial charge in [0.15, 0.2) is 5.78 Å². The average Bonchev–Trinajstić information content (AvgIpc) is 2.05. The van der Waals surface area contributed by atoms with E-state index in [0.717, 1.165) is 0 Å². The first-order chi connectivity index (χ1) is 4.84. The third-order valence-corrected chi connectivity index (χ3v) is 1.19. The fourth-order valence-electron chi connectivity index (χ4n) is 0.677. The molecule has 0 fully saturated rings. The topological polar surface area (TPSA) is 43.1 Å². The highest BCUT2D eigenvalue weighted by Gasteiger charge is 1.99. The highest BCUT2D eigenvalue weighted by molar-refractivity contribution is 5.97. The fourth-order valence-corrected chi connectivity index (χ4v) is 0.677. The van der Waals surface area contributed by atoms with Gasteiger partial charge in [-0.2, -0.15) is 0 Å².